The van der Waals surface area contributed by atoms with Crippen LogP contribution in [0.2, 0.25) is 0 Å². The van der Waals surface area contributed by atoms with Gasteiger partial charge in [0.1, 0.15) is 18.7 Å². The molecule has 18 heavy (non-hydrogen) atoms. The number of halogens is 2. The number of hydrogen-bond acceptors (Lipinski definition) is 4. The molecule has 0 saturated heterocycles. The topological polar surface area (TPSA) is 72.7 Å². The molecule has 1 aromatic carbocycles. The molecule has 8 heteroatoms. The summed E-state index contributed by atoms with van der Waals surface area (Å²) in [4.78, 5) is 11.7. The van der Waals surface area contributed by atoms with E-state index in [9.17, 15) is 9.18 Å². The van der Waals surface area contributed by atoms with Crippen molar-refractivity contribution in [1.29, 1.82) is 0 Å². The predicted molar refractivity (Wildman–Crippen MR) is 65.3 cm³/mol. The smallest absolute Gasteiger partial charge is 0.246 e. The molecule has 1 amide bonds. The van der Waals surface area contributed by atoms with Gasteiger partial charge in [0.05, 0.1) is 4.47 Å². The zero-order valence-corrected chi connectivity index (χ0v) is 11.0. The van der Waals surface area contributed by atoms with Gasteiger partial charge in [-0.05, 0) is 51.0 Å². The third kappa shape index (κ3) is 2.89. The summed E-state index contributed by atoms with van der Waals surface area (Å²) in [5.41, 5.74) is 1.18. The van der Waals surface area contributed by atoms with Crippen LogP contribution < -0.4 is 5.32 Å². The standard InChI is InChI=1S/C10H9BrFN5O/c1-6-2-7(11)8(12)3-9(6)14-10(18)4-17-5-13-15-16-17/h2-3,5H,4H2,1H3,(H,14,18). The summed E-state index contributed by atoms with van der Waals surface area (Å²) < 4.78 is 15.0. The lowest BCUT2D eigenvalue weighted by molar-refractivity contribution is -0.116. The second-order valence-corrected chi connectivity index (χ2v) is 4.49. The van der Waals surface area contributed by atoms with Gasteiger partial charge >= 0.3 is 0 Å². The van der Waals surface area contributed by atoms with Crippen LogP contribution in [0.1, 0.15) is 5.56 Å². The summed E-state index contributed by atoms with van der Waals surface area (Å²) in [5, 5.41) is 13.0. The Morgan fingerprint density at radius 2 is 2.33 bits per heavy atom. The number of nitrogens with zero attached hydrogens (tertiary/aromatic N) is 4. The summed E-state index contributed by atoms with van der Waals surface area (Å²) in [6.07, 6.45) is 1.33. The molecule has 94 valence electrons. The number of hydrogen-bond donors (Lipinski definition) is 1. The van der Waals surface area contributed by atoms with Crippen molar-refractivity contribution in [2.75, 3.05) is 5.32 Å². The number of aromatic nitrogens is 4. The van der Waals surface area contributed by atoms with Gasteiger partial charge in [0.2, 0.25) is 5.91 Å². The average molecular weight is 314 g/mol. The maximum Gasteiger partial charge on any atom is 0.246 e. The average Bonchev–Trinajstić information content (AvgIpc) is 2.78. The van der Waals surface area contributed by atoms with E-state index in [-0.39, 0.29) is 12.5 Å². The first kappa shape index (κ1) is 12.6. The Morgan fingerprint density at radius 1 is 1.56 bits per heavy atom. The van der Waals surface area contributed by atoms with Crippen LogP contribution in [0.3, 0.4) is 0 Å². The Balaban J connectivity index is 2.09. The Kier molecular flexibility index (Phi) is 3.66. The van der Waals surface area contributed by atoms with Crippen molar-refractivity contribution in [3.8, 4) is 0 Å². The lowest BCUT2D eigenvalue weighted by atomic mass is 10.2. The molecule has 0 spiro atoms. The molecule has 0 saturated carbocycles. The van der Waals surface area contributed by atoms with Gasteiger partial charge in [0.15, 0.2) is 0 Å². The summed E-state index contributed by atoms with van der Waals surface area (Å²) in [7, 11) is 0. The van der Waals surface area contributed by atoms with Gasteiger partial charge in [-0.15, -0.1) is 5.10 Å². The van der Waals surface area contributed by atoms with Crippen LogP contribution in [-0.4, -0.2) is 26.1 Å². The molecule has 1 heterocycles. The molecule has 2 rings (SSSR count). The summed E-state index contributed by atoms with van der Waals surface area (Å²) in [6, 6.07) is 2.86. The summed E-state index contributed by atoms with van der Waals surface area (Å²) in [5.74, 6) is -0.759. The van der Waals surface area contributed by atoms with E-state index >= 15 is 0 Å². The lowest BCUT2D eigenvalue weighted by Gasteiger charge is -2.09. The highest BCUT2D eigenvalue weighted by Crippen LogP contribution is 2.23. The summed E-state index contributed by atoms with van der Waals surface area (Å²) in [6.45, 7) is 1.75. The van der Waals surface area contributed by atoms with Crippen molar-refractivity contribution in [1.82, 2.24) is 20.2 Å². The molecule has 0 aliphatic rings. The minimum absolute atomic E-state index is 0.0237. The maximum absolute atomic E-state index is 13.4. The number of benzene rings is 1. The molecule has 0 fully saturated rings. The summed E-state index contributed by atoms with van der Waals surface area (Å²) >= 11 is 3.08. The Hall–Kier alpha value is -1.83. The minimum Gasteiger partial charge on any atom is -0.324 e. The highest BCUT2D eigenvalue weighted by atomic mass is 79.9. The second kappa shape index (κ2) is 5.21. The quantitative estimate of drug-likeness (QED) is 0.932. The van der Waals surface area contributed by atoms with Crippen LogP contribution >= 0.6 is 15.9 Å². The van der Waals surface area contributed by atoms with E-state index in [0.717, 1.165) is 5.56 Å². The molecule has 2 aromatic rings. The van der Waals surface area contributed by atoms with Crippen molar-refractivity contribution < 1.29 is 9.18 Å². The Bertz CT molecular complexity index is 572. The van der Waals surface area contributed by atoms with Gasteiger partial charge in [-0.1, -0.05) is 0 Å². The van der Waals surface area contributed by atoms with Crippen LogP contribution in [0.5, 0.6) is 0 Å². The highest BCUT2D eigenvalue weighted by molar-refractivity contribution is 9.10. The van der Waals surface area contributed by atoms with E-state index in [1.54, 1.807) is 13.0 Å². The molecule has 1 N–H and O–H groups in total. The number of carbonyl (C=O) groups excluding carboxylic acids is 1. The van der Waals surface area contributed by atoms with Gasteiger partial charge in [0.25, 0.3) is 0 Å². The fraction of sp³-hybridized carbons (Fsp3) is 0.200. The third-order valence-electron chi connectivity index (χ3n) is 2.24. The highest BCUT2D eigenvalue weighted by Gasteiger charge is 2.09. The molecule has 6 nitrogen and oxygen atoms in total. The molecule has 0 unspecified atom stereocenters. The number of tetrazole rings is 1. The first-order chi connectivity index (χ1) is 8.56. The predicted octanol–water partition coefficient (Wildman–Crippen LogP) is 1.52. The lowest BCUT2D eigenvalue weighted by Crippen LogP contribution is -2.19. The molecule has 0 aliphatic heterocycles. The first-order valence-electron chi connectivity index (χ1n) is 5.02. The maximum atomic E-state index is 13.4. The fourth-order valence-electron chi connectivity index (χ4n) is 1.37. The zero-order chi connectivity index (χ0) is 13.1. The van der Waals surface area contributed by atoms with Crippen LogP contribution in [0.25, 0.3) is 0 Å². The van der Waals surface area contributed by atoms with E-state index in [1.165, 1.54) is 17.1 Å². The second-order valence-electron chi connectivity index (χ2n) is 3.64. The van der Waals surface area contributed by atoms with Crippen molar-refractivity contribution in [3.05, 3.63) is 34.3 Å². The van der Waals surface area contributed by atoms with Crippen molar-refractivity contribution >= 4 is 27.5 Å². The molecule has 1 aromatic heterocycles. The SMILES string of the molecule is Cc1cc(Br)c(F)cc1NC(=O)Cn1cnnn1. The number of anilines is 1. The molecule has 0 bridgehead atoms. The minimum atomic E-state index is -0.432. The van der Waals surface area contributed by atoms with Crippen LogP contribution in [0.4, 0.5) is 10.1 Å². The zero-order valence-electron chi connectivity index (χ0n) is 9.39. The number of aryl methyl sites for hydroxylation is 1. The molecular formula is C10H9BrFN5O. The number of nitrogens with one attached hydrogen (secondary N) is 1. The van der Waals surface area contributed by atoms with Crippen molar-refractivity contribution in [2.24, 2.45) is 0 Å². The van der Waals surface area contributed by atoms with Crippen LogP contribution in [0, 0.1) is 12.7 Å². The van der Waals surface area contributed by atoms with E-state index in [0.29, 0.717) is 10.2 Å². The first-order valence-corrected chi connectivity index (χ1v) is 5.82. The molecular weight excluding hydrogens is 305 g/mol. The van der Waals surface area contributed by atoms with E-state index in [2.05, 4.69) is 36.8 Å². The van der Waals surface area contributed by atoms with Gasteiger partial charge < -0.3 is 5.32 Å². The van der Waals surface area contributed by atoms with E-state index in [1.807, 2.05) is 0 Å². The Morgan fingerprint density at radius 3 is 3.00 bits per heavy atom. The van der Waals surface area contributed by atoms with Crippen LogP contribution in [0.15, 0.2) is 22.9 Å². The van der Waals surface area contributed by atoms with Crippen molar-refractivity contribution in [3.63, 3.8) is 0 Å². The monoisotopic (exact) mass is 313 g/mol. The van der Waals surface area contributed by atoms with Crippen molar-refractivity contribution in [2.45, 2.75) is 13.5 Å². The Labute approximate surface area is 110 Å². The fourth-order valence-corrected chi connectivity index (χ4v) is 1.83. The molecule has 0 aliphatic carbocycles. The number of amides is 1. The van der Waals surface area contributed by atoms with Gasteiger partial charge in [-0.3, -0.25) is 4.79 Å². The van der Waals surface area contributed by atoms with Crippen LogP contribution in [-0.2, 0) is 11.3 Å². The van der Waals surface area contributed by atoms with Gasteiger partial charge in [-0.25, -0.2) is 9.07 Å². The molecule has 0 atom stereocenters. The van der Waals surface area contributed by atoms with E-state index in [4.69, 9.17) is 0 Å². The number of rotatable bonds is 3. The third-order valence-corrected chi connectivity index (χ3v) is 2.85. The van der Waals surface area contributed by atoms with Gasteiger partial charge in [-0.2, -0.15) is 0 Å². The normalized spacial score (nSPS) is 10.4. The number of carbonyl (C=O) groups is 1. The van der Waals surface area contributed by atoms with E-state index < -0.39 is 5.82 Å². The van der Waals surface area contributed by atoms with Gasteiger partial charge in [0, 0.05) is 5.69 Å². The molecule has 0 radical (unpaired) electrons. The largest absolute Gasteiger partial charge is 0.324 e.